The van der Waals surface area contributed by atoms with Crippen molar-refractivity contribution in [3.05, 3.63) is 69.3 Å². The second-order valence-electron chi connectivity index (χ2n) is 4.00. The summed E-state index contributed by atoms with van der Waals surface area (Å²) in [4.78, 5) is 8.90. The largest absolute Gasteiger partial charge is 0.256 e. The van der Waals surface area contributed by atoms with Crippen molar-refractivity contribution in [1.29, 1.82) is 0 Å². The molecule has 2 heterocycles. The van der Waals surface area contributed by atoms with Crippen molar-refractivity contribution < 1.29 is 0 Å². The van der Waals surface area contributed by atoms with Gasteiger partial charge in [0.05, 0.1) is 16.4 Å². The molecule has 2 heteroatoms. The minimum atomic E-state index is 1.02. The molecule has 2 aliphatic rings. The lowest BCUT2D eigenvalue weighted by molar-refractivity contribution is 1.33. The fraction of sp³-hybridized carbons (Fsp3) is 0. The van der Waals surface area contributed by atoms with Gasteiger partial charge in [-0.25, -0.2) is 4.99 Å². The van der Waals surface area contributed by atoms with Crippen molar-refractivity contribution >= 4 is 11.8 Å². The first kappa shape index (κ1) is 7.99. The molecule has 0 radical (unpaired) electrons. The maximum atomic E-state index is 4.60. The van der Waals surface area contributed by atoms with Crippen molar-refractivity contribution in [3.8, 4) is 0 Å². The van der Waals surface area contributed by atoms with E-state index in [1.165, 1.54) is 16.0 Å². The molecule has 16 heavy (non-hydrogen) atoms. The van der Waals surface area contributed by atoms with E-state index in [1.807, 2.05) is 24.4 Å². The summed E-state index contributed by atoms with van der Waals surface area (Å²) in [6.07, 6.45) is 3.88. The number of nitrogens with zero attached hydrogens (tertiary/aromatic N) is 2. The van der Waals surface area contributed by atoms with Gasteiger partial charge in [0.2, 0.25) is 0 Å². The summed E-state index contributed by atoms with van der Waals surface area (Å²) in [5.74, 6) is 0. The van der Waals surface area contributed by atoms with Crippen LogP contribution in [-0.4, -0.2) is 0 Å². The first-order valence-corrected chi connectivity index (χ1v) is 5.28. The molecule has 0 bridgehead atoms. The van der Waals surface area contributed by atoms with Gasteiger partial charge in [-0.3, -0.25) is 4.99 Å². The maximum Gasteiger partial charge on any atom is 0.0738 e. The third kappa shape index (κ3) is 0.910. The zero-order valence-corrected chi connectivity index (χ0v) is 8.51. The second-order valence-corrected chi connectivity index (χ2v) is 4.00. The fourth-order valence-corrected chi connectivity index (χ4v) is 2.27. The van der Waals surface area contributed by atoms with E-state index in [1.54, 1.807) is 0 Å². The lowest BCUT2D eigenvalue weighted by Crippen LogP contribution is -2.00. The second kappa shape index (κ2) is 2.67. The van der Waals surface area contributed by atoms with Gasteiger partial charge in [-0.2, -0.15) is 0 Å². The van der Waals surface area contributed by atoms with E-state index in [-0.39, 0.29) is 0 Å². The molecular weight excluding hydrogens is 196 g/mol. The van der Waals surface area contributed by atoms with Crippen LogP contribution in [0.4, 0.5) is 5.69 Å². The molecule has 0 spiro atoms. The van der Waals surface area contributed by atoms with Gasteiger partial charge in [-0.1, -0.05) is 18.2 Å². The van der Waals surface area contributed by atoms with Crippen LogP contribution in [0.3, 0.4) is 0 Å². The number of hydrogen-bond donors (Lipinski definition) is 0. The van der Waals surface area contributed by atoms with Gasteiger partial charge in [0, 0.05) is 22.2 Å². The fourth-order valence-electron chi connectivity index (χ4n) is 2.27. The van der Waals surface area contributed by atoms with Gasteiger partial charge in [-0.15, -0.1) is 0 Å². The third-order valence-corrected chi connectivity index (χ3v) is 3.05. The molecule has 0 amide bonds. The van der Waals surface area contributed by atoms with Crippen LogP contribution in [0, 0.1) is 10.4 Å². The maximum absolute atomic E-state index is 4.60. The van der Waals surface area contributed by atoms with Gasteiger partial charge in [-0.05, 0) is 24.3 Å². The predicted molar refractivity (Wildman–Crippen MR) is 61.6 cm³/mol. The highest BCUT2D eigenvalue weighted by atomic mass is 14.8. The molecule has 0 saturated heterocycles. The summed E-state index contributed by atoms with van der Waals surface area (Å²) in [6, 6.07) is 12.5. The molecule has 2 aliphatic heterocycles. The molecular formula is C14H8N2. The predicted octanol–water partition coefficient (Wildman–Crippen LogP) is 1.84. The number of para-hydroxylation sites is 1. The Labute approximate surface area is 91.6 Å². The number of fused-ring (bicyclic) bond motifs is 3. The molecule has 0 fully saturated rings. The highest BCUT2D eigenvalue weighted by Gasteiger charge is 2.07. The van der Waals surface area contributed by atoms with E-state index >= 15 is 0 Å². The lowest BCUT2D eigenvalue weighted by atomic mass is 10.1. The Morgan fingerprint density at radius 2 is 1.81 bits per heavy atom. The number of rotatable bonds is 0. The van der Waals surface area contributed by atoms with E-state index in [9.17, 15) is 0 Å². The average molecular weight is 204 g/mol. The van der Waals surface area contributed by atoms with Crippen LogP contribution in [0.25, 0.3) is 6.08 Å². The van der Waals surface area contributed by atoms with Crippen molar-refractivity contribution in [3.63, 3.8) is 0 Å². The molecule has 2 aromatic rings. The van der Waals surface area contributed by atoms with Crippen LogP contribution >= 0.6 is 0 Å². The summed E-state index contributed by atoms with van der Waals surface area (Å²) in [6.45, 7) is 0. The molecule has 74 valence electrons. The summed E-state index contributed by atoms with van der Waals surface area (Å²) in [7, 11) is 0. The van der Waals surface area contributed by atoms with Gasteiger partial charge in [0.1, 0.15) is 0 Å². The van der Waals surface area contributed by atoms with Crippen LogP contribution in [0.2, 0.25) is 0 Å². The van der Waals surface area contributed by atoms with Crippen LogP contribution in [-0.2, 0) is 0 Å². The van der Waals surface area contributed by atoms with Crippen molar-refractivity contribution in [2.45, 2.75) is 0 Å². The summed E-state index contributed by atoms with van der Waals surface area (Å²) < 4.78 is 0. The highest BCUT2D eigenvalue weighted by molar-refractivity contribution is 5.57. The molecule has 2 nitrogen and oxygen atoms in total. The Morgan fingerprint density at radius 3 is 2.81 bits per heavy atom. The van der Waals surface area contributed by atoms with Gasteiger partial charge in [0.25, 0.3) is 0 Å². The molecule has 0 saturated carbocycles. The minimum Gasteiger partial charge on any atom is -0.256 e. The van der Waals surface area contributed by atoms with E-state index in [0.717, 1.165) is 16.4 Å². The van der Waals surface area contributed by atoms with Gasteiger partial charge in [0.15, 0.2) is 0 Å². The molecule has 2 aromatic carbocycles. The average Bonchev–Trinajstić information content (AvgIpc) is 2.88. The Hall–Kier alpha value is -2.22. The topological polar surface area (TPSA) is 24.7 Å². The Balaban J connectivity index is 2.31. The molecule has 0 aromatic heterocycles. The van der Waals surface area contributed by atoms with Crippen LogP contribution in [0.15, 0.2) is 52.6 Å². The zero-order chi connectivity index (χ0) is 10.5. The van der Waals surface area contributed by atoms with Gasteiger partial charge < -0.3 is 0 Å². The first-order valence-electron chi connectivity index (χ1n) is 5.28. The molecule has 0 N–H and O–H groups in total. The van der Waals surface area contributed by atoms with E-state index in [2.05, 4.69) is 34.3 Å². The third-order valence-electron chi connectivity index (χ3n) is 3.05. The van der Waals surface area contributed by atoms with Gasteiger partial charge >= 0.3 is 0 Å². The standard InChI is InChI=1S/C14H8N2/c1-2-4-12-10(3-1)11-7-9-5-6-15-13(9)8-14(11)16-12/h1-8H. The van der Waals surface area contributed by atoms with Crippen LogP contribution in [0.1, 0.15) is 5.56 Å². The van der Waals surface area contributed by atoms with E-state index in [0.29, 0.717) is 0 Å². The summed E-state index contributed by atoms with van der Waals surface area (Å²) >= 11 is 0. The zero-order valence-electron chi connectivity index (χ0n) is 8.51. The number of benzene rings is 2. The highest BCUT2D eigenvalue weighted by Crippen LogP contribution is 2.18. The molecule has 0 unspecified atom stereocenters. The van der Waals surface area contributed by atoms with E-state index in [4.69, 9.17) is 0 Å². The molecule has 4 rings (SSSR count). The first-order chi connectivity index (χ1) is 7.92. The lowest BCUT2D eigenvalue weighted by Gasteiger charge is -1.93. The van der Waals surface area contributed by atoms with Crippen molar-refractivity contribution in [1.82, 2.24) is 0 Å². The Morgan fingerprint density at radius 1 is 0.875 bits per heavy atom. The van der Waals surface area contributed by atoms with E-state index < -0.39 is 0 Å². The Bertz CT molecular complexity index is 845. The molecule has 0 atom stereocenters. The van der Waals surface area contributed by atoms with Crippen LogP contribution < -0.4 is 10.7 Å². The Kier molecular flexibility index (Phi) is 1.33. The normalized spacial score (nSPS) is 13.8. The smallest absolute Gasteiger partial charge is 0.0738 e. The summed E-state index contributed by atoms with van der Waals surface area (Å²) in [5.41, 5.74) is 2.22. The SMILES string of the molecule is C1=Cc2cc3c(cc2=N1)N=c1ccccc1=3. The number of hydrogen-bond acceptors (Lipinski definition) is 2. The quantitative estimate of drug-likeness (QED) is 0.534. The van der Waals surface area contributed by atoms with Crippen LogP contribution in [0.5, 0.6) is 0 Å². The minimum absolute atomic E-state index is 1.02. The molecule has 0 aliphatic carbocycles. The van der Waals surface area contributed by atoms with Crippen molar-refractivity contribution in [2.24, 2.45) is 9.98 Å². The summed E-state index contributed by atoms with van der Waals surface area (Å²) in [5, 5.41) is 4.53. The monoisotopic (exact) mass is 204 g/mol. The van der Waals surface area contributed by atoms with Crippen molar-refractivity contribution in [2.75, 3.05) is 0 Å².